The zero-order valence-corrected chi connectivity index (χ0v) is 29.6. The number of likely N-dealkylation sites (tertiary alicyclic amines) is 1. The lowest BCUT2D eigenvalue weighted by molar-refractivity contribution is -0.142. The summed E-state index contributed by atoms with van der Waals surface area (Å²) in [6.07, 6.45) is 5.17. The largest absolute Gasteiger partial charge is 0.497 e. The third-order valence-corrected chi connectivity index (χ3v) is 12.0. The van der Waals surface area contributed by atoms with Crippen molar-refractivity contribution >= 4 is 40.9 Å². The molecule has 1 spiro atoms. The van der Waals surface area contributed by atoms with Gasteiger partial charge in [-0.2, -0.15) is 0 Å². The maximum absolute atomic E-state index is 15.0. The highest BCUT2D eigenvalue weighted by molar-refractivity contribution is 8.02. The molecule has 3 aliphatic heterocycles. The van der Waals surface area contributed by atoms with Crippen LogP contribution in [-0.2, 0) is 14.4 Å². The Hall–Kier alpha value is -3.76. The van der Waals surface area contributed by atoms with Crippen molar-refractivity contribution < 1.29 is 29.0 Å². The fourth-order valence-electron chi connectivity index (χ4n) is 8.10. The van der Waals surface area contributed by atoms with Gasteiger partial charge in [0.25, 0.3) is 5.91 Å². The molecule has 0 aliphatic carbocycles. The summed E-state index contributed by atoms with van der Waals surface area (Å²) < 4.78 is 9.57. The smallest absolute Gasteiger partial charge is 0.251 e. The number of amides is 3. The van der Waals surface area contributed by atoms with Gasteiger partial charge in [-0.25, -0.2) is 0 Å². The SMILES string of the molecule is C=CCN(C(=O)C1N([C@@H](CO)CC(C)C)C(=O)[C@@H]2[C@H](C(=O)N(CC=C)c3ccc(OCC)cc3)[C@]3(C)CCC12S3)c1ccc(OC)cc1. The first kappa shape index (κ1) is 35.5. The second kappa shape index (κ2) is 14.4. The molecule has 48 heavy (non-hydrogen) atoms. The average molecular weight is 676 g/mol. The number of hydrogen-bond donors (Lipinski definition) is 1. The van der Waals surface area contributed by atoms with Crippen LogP contribution in [0.25, 0.3) is 0 Å². The van der Waals surface area contributed by atoms with Gasteiger partial charge in [0.15, 0.2) is 0 Å². The Morgan fingerprint density at radius 3 is 2.06 bits per heavy atom. The molecule has 3 heterocycles. The number of thioether (sulfide) groups is 1. The second-order valence-corrected chi connectivity index (χ2v) is 15.4. The van der Waals surface area contributed by atoms with Gasteiger partial charge in [0.1, 0.15) is 17.5 Å². The van der Waals surface area contributed by atoms with Gasteiger partial charge in [0, 0.05) is 29.2 Å². The number of aliphatic hydroxyl groups excluding tert-OH is 1. The van der Waals surface area contributed by atoms with Gasteiger partial charge < -0.3 is 29.3 Å². The van der Waals surface area contributed by atoms with E-state index in [-0.39, 0.29) is 43.3 Å². The van der Waals surface area contributed by atoms with E-state index < -0.39 is 33.4 Å². The van der Waals surface area contributed by atoms with Crippen molar-refractivity contribution in [2.75, 3.05) is 43.2 Å². The van der Waals surface area contributed by atoms with Crippen LogP contribution in [0, 0.1) is 17.8 Å². The summed E-state index contributed by atoms with van der Waals surface area (Å²) in [7, 11) is 1.59. The fraction of sp³-hybridized carbons (Fsp3) is 0.500. The van der Waals surface area contributed by atoms with E-state index in [0.29, 0.717) is 48.7 Å². The summed E-state index contributed by atoms with van der Waals surface area (Å²) in [5, 5.41) is 10.7. The summed E-state index contributed by atoms with van der Waals surface area (Å²) in [5.41, 5.74) is 1.34. The van der Waals surface area contributed by atoms with E-state index >= 15 is 4.79 Å². The van der Waals surface area contributed by atoms with E-state index in [9.17, 15) is 14.7 Å². The molecule has 0 radical (unpaired) electrons. The number of nitrogens with zero attached hydrogens (tertiary/aromatic N) is 3. The molecular formula is C38H49N3O6S. The predicted octanol–water partition coefficient (Wildman–Crippen LogP) is 5.72. The molecule has 1 N–H and O–H groups in total. The van der Waals surface area contributed by atoms with Crippen LogP contribution in [0.4, 0.5) is 11.4 Å². The Morgan fingerprint density at radius 1 is 1.00 bits per heavy atom. The number of aliphatic hydroxyl groups is 1. The molecule has 3 amide bonds. The lowest BCUT2D eigenvalue weighted by Crippen LogP contribution is -2.58. The first-order chi connectivity index (χ1) is 23.0. The highest BCUT2D eigenvalue weighted by atomic mass is 32.2. The van der Waals surface area contributed by atoms with Crippen molar-refractivity contribution in [3.05, 3.63) is 73.8 Å². The number of anilines is 2. The molecule has 258 valence electrons. The van der Waals surface area contributed by atoms with Crippen molar-refractivity contribution in [2.24, 2.45) is 17.8 Å². The normalized spacial score (nSPS) is 26.3. The van der Waals surface area contributed by atoms with E-state index in [1.54, 1.807) is 57.9 Å². The van der Waals surface area contributed by atoms with Crippen molar-refractivity contribution in [1.29, 1.82) is 0 Å². The molecule has 3 fully saturated rings. The lowest BCUT2D eigenvalue weighted by atomic mass is 9.66. The number of carbonyl (C=O) groups is 3. The molecule has 10 heteroatoms. The molecule has 3 aliphatic rings. The fourth-order valence-corrected chi connectivity index (χ4v) is 10.4. The topological polar surface area (TPSA) is 99.6 Å². The molecule has 2 bridgehead atoms. The molecule has 5 rings (SSSR count). The number of ether oxygens (including phenoxy) is 2. The van der Waals surface area contributed by atoms with E-state index in [1.807, 2.05) is 57.2 Å². The Kier molecular flexibility index (Phi) is 10.7. The highest BCUT2D eigenvalue weighted by Crippen LogP contribution is 2.72. The van der Waals surface area contributed by atoms with Crippen LogP contribution in [0.1, 0.15) is 47.0 Å². The van der Waals surface area contributed by atoms with Gasteiger partial charge in [0.2, 0.25) is 11.8 Å². The minimum Gasteiger partial charge on any atom is -0.497 e. The lowest BCUT2D eigenvalue weighted by Gasteiger charge is -2.40. The van der Waals surface area contributed by atoms with E-state index in [0.717, 1.165) is 0 Å². The third kappa shape index (κ3) is 6.13. The van der Waals surface area contributed by atoms with Gasteiger partial charge in [-0.15, -0.1) is 24.9 Å². The number of carbonyl (C=O) groups excluding carboxylic acids is 3. The van der Waals surface area contributed by atoms with Crippen LogP contribution in [0.5, 0.6) is 11.5 Å². The molecule has 6 atom stereocenters. The van der Waals surface area contributed by atoms with E-state index in [1.165, 1.54) is 0 Å². The molecule has 0 aromatic heterocycles. The first-order valence-corrected chi connectivity index (χ1v) is 17.7. The standard InChI is InChI=1S/C38H49N3O6S/c1-8-21-39(26-13-17-30(18-14-26)47-10-3)34(43)31-32-35(44)41(28(24-42)23-25(4)5)33(38(32)20-19-37(31,6)48-38)36(45)40(22-9-2)27-11-15-29(46-7)16-12-27/h8-9,11-18,25,28,31-33,42H,1-2,10,19-24H2,3-7H3/t28-,31-,32+,33?,37+,38?/m1/s1. The minimum absolute atomic E-state index is 0.162. The molecule has 9 nitrogen and oxygen atoms in total. The minimum atomic E-state index is -0.879. The molecule has 0 saturated carbocycles. The van der Waals surface area contributed by atoms with Gasteiger partial charge in [-0.3, -0.25) is 14.4 Å². The van der Waals surface area contributed by atoms with Crippen LogP contribution < -0.4 is 19.3 Å². The van der Waals surface area contributed by atoms with Crippen molar-refractivity contribution in [2.45, 2.75) is 68.5 Å². The maximum atomic E-state index is 15.0. The van der Waals surface area contributed by atoms with Crippen LogP contribution >= 0.6 is 11.8 Å². The zero-order valence-electron chi connectivity index (χ0n) is 28.8. The van der Waals surface area contributed by atoms with Crippen LogP contribution in [0.2, 0.25) is 0 Å². The van der Waals surface area contributed by atoms with Gasteiger partial charge >= 0.3 is 0 Å². The Bertz CT molecular complexity index is 1510. The molecule has 2 aromatic rings. The van der Waals surface area contributed by atoms with Crippen molar-refractivity contribution in [3.8, 4) is 11.5 Å². The van der Waals surface area contributed by atoms with Crippen molar-refractivity contribution in [3.63, 3.8) is 0 Å². The van der Waals surface area contributed by atoms with Crippen LogP contribution in [-0.4, -0.2) is 82.7 Å². The van der Waals surface area contributed by atoms with E-state index in [2.05, 4.69) is 20.1 Å². The number of methoxy groups -OCH3 is 1. The number of benzene rings is 2. The second-order valence-electron chi connectivity index (χ2n) is 13.5. The average Bonchev–Trinajstić information content (AvgIpc) is 3.65. The molecule has 2 aromatic carbocycles. The number of rotatable bonds is 15. The summed E-state index contributed by atoms with van der Waals surface area (Å²) >= 11 is 1.62. The summed E-state index contributed by atoms with van der Waals surface area (Å²) in [4.78, 5) is 49.8. The first-order valence-electron chi connectivity index (χ1n) is 16.8. The van der Waals surface area contributed by atoms with Crippen LogP contribution in [0.15, 0.2) is 73.8 Å². The predicted molar refractivity (Wildman–Crippen MR) is 192 cm³/mol. The highest BCUT2D eigenvalue weighted by Gasteiger charge is 2.78. The van der Waals surface area contributed by atoms with Gasteiger partial charge in [0.05, 0.1) is 42.9 Å². The van der Waals surface area contributed by atoms with Crippen LogP contribution in [0.3, 0.4) is 0 Å². The monoisotopic (exact) mass is 675 g/mol. The van der Waals surface area contributed by atoms with Crippen molar-refractivity contribution in [1.82, 2.24) is 4.90 Å². The summed E-state index contributed by atoms with van der Waals surface area (Å²) in [5.74, 6) is -0.519. The maximum Gasteiger partial charge on any atom is 0.251 e. The summed E-state index contributed by atoms with van der Waals surface area (Å²) in [6.45, 7) is 16.7. The Balaban J connectivity index is 1.61. The van der Waals surface area contributed by atoms with Gasteiger partial charge in [-0.1, -0.05) is 26.0 Å². The number of fused-ring (bicyclic) bond motifs is 1. The molecular weight excluding hydrogens is 627 g/mol. The Labute approximate surface area is 288 Å². The Morgan fingerprint density at radius 2 is 1.56 bits per heavy atom. The summed E-state index contributed by atoms with van der Waals surface area (Å²) in [6, 6.07) is 13.2. The zero-order chi connectivity index (χ0) is 34.8. The number of hydrogen-bond acceptors (Lipinski definition) is 7. The van der Waals surface area contributed by atoms with Gasteiger partial charge in [-0.05, 0) is 87.6 Å². The quantitative estimate of drug-likeness (QED) is 0.241. The van der Waals surface area contributed by atoms with E-state index in [4.69, 9.17) is 9.47 Å². The molecule has 2 unspecified atom stereocenters. The third-order valence-electron chi connectivity index (χ3n) is 10.1. The molecule has 3 saturated heterocycles.